The summed E-state index contributed by atoms with van der Waals surface area (Å²) in [5.74, 6) is 0.811. The second-order valence-electron chi connectivity index (χ2n) is 4.62. The Labute approximate surface area is 131 Å². The van der Waals surface area contributed by atoms with E-state index in [-0.39, 0.29) is 12.1 Å². The molecule has 0 saturated carbocycles. The average molecular weight is 356 g/mol. The third-order valence-corrected chi connectivity index (χ3v) is 4.51. The van der Waals surface area contributed by atoms with E-state index in [0.29, 0.717) is 6.61 Å². The summed E-state index contributed by atoms with van der Waals surface area (Å²) in [4.78, 5) is 1.11. The maximum atomic E-state index is 6.07. The van der Waals surface area contributed by atoms with Gasteiger partial charge in [0.05, 0.1) is 10.4 Å². The Kier molecular flexibility index (Phi) is 5.60. The summed E-state index contributed by atoms with van der Waals surface area (Å²) in [7, 11) is 1.68. The van der Waals surface area contributed by atoms with Crippen molar-refractivity contribution in [2.75, 3.05) is 7.11 Å². The van der Waals surface area contributed by atoms with Gasteiger partial charge in [-0.3, -0.25) is 0 Å². The first-order valence-corrected chi connectivity index (χ1v) is 7.96. The van der Waals surface area contributed by atoms with E-state index in [1.165, 1.54) is 0 Å². The topological polar surface area (TPSA) is 44.5 Å². The molecule has 0 aliphatic heterocycles. The molecule has 5 heteroatoms. The predicted molar refractivity (Wildman–Crippen MR) is 86.2 cm³/mol. The van der Waals surface area contributed by atoms with Crippen LogP contribution < -0.4 is 10.5 Å². The summed E-state index contributed by atoms with van der Waals surface area (Å²) in [6.45, 7) is 2.53. The number of rotatable bonds is 6. The first-order chi connectivity index (χ1) is 9.60. The summed E-state index contributed by atoms with van der Waals surface area (Å²) in [6.07, 6.45) is -0.149. The second kappa shape index (κ2) is 7.22. The van der Waals surface area contributed by atoms with Gasteiger partial charge in [0.2, 0.25) is 0 Å². The summed E-state index contributed by atoms with van der Waals surface area (Å²) in [6, 6.07) is 11.9. The van der Waals surface area contributed by atoms with Crippen LogP contribution in [0.3, 0.4) is 0 Å². The molecule has 20 heavy (non-hydrogen) atoms. The highest BCUT2D eigenvalue weighted by Gasteiger charge is 2.20. The summed E-state index contributed by atoms with van der Waals surface area (Å²) in [5, 5.41) is 0. The van der Waals surface area contributed by atoms with Crippen molar-refractivity contribution in [3.05, 3.63) is 50.6 Å². The number of thiophene rings is 1. The quantitative estimate of drug-likeness (QED) is 0.847. The van der Waals surface area contributed by atoms with Crippen LogP contribution in [0.1, 0.15) is 23.5 Å². The van der Waals surface area contributed by atoms with Crippen LogP contribution in [0, 0.1) is 0 Å². The van der Waals surface area contributed by atoms with Gasteiger partial charge in [-0.25, -0.2) is 0 Å². The fourth-order valence-corrected chi connectivity index (χ4v) is 3.50. The molecule has 0 spiro atoms. The summed E-state index contributed by atoms with van der Waals surface area (Å²) >= 11 is 5.12. The number of ether oxygens (including phenoxy) is 2. The standard InChI is InChI=1S/C15H18BrNO2S/c1-10(17)15(13-6-7-14(16)20-13)19-12-5-3-4-11(8-12)9-18-2/h3-8,10,15H,9,17H2,1-2H3. The van der Waals surface area contributed by atoms with Gasteiger partial charge in [0.1, 0.15) is 11.9 Å². The number of nitrogens with two attached hydrogens (primary N) is 1. The van der Waals surface area contributed by atoms with Crippen LogP contribution in [0.5, 0.6) is 5.75 Å². The molecule has 3 nitrogen and oxygen atoms in total. The largest absolute Gasteiger partial charge is 0.483 e. The molecule has 0 aliphatic rings. The smallest absolute Gasteiger partial charge is 0.148 e. The molecule has 2 unspecified atom stereocenters. The van der Waals surface area contributed by atoms with Crippen molar-refractivity contribution in [2.24, 2.45) is 5.73 Å². The zero-order chi connectivity index (χ0) is 14.5. The Hall–Kier alpha value is -0.880. The van der Waals surface area contributed by atoms with Gasteiger partial charge in [-0.2, -0.15) is 0 Å². The molecule has 1 aromatic heterocycles. The molecule has 108 valence electrons. The highest BCUT2D eigenvalue weighted by Crippen LogP contribution is 2.32. The van der Waals surface area contributed by atoms with Crippen LogP contribution in [0.15, 0.2) is 40.2 Å². The van der Waals surface area contributed by atoms with Crippen LogP contribution in [0.25, 0.3) is 0 Å². The first kappa shape index (κ1) is 15.5. The number of methoxy groups -OCH3 is 1. The zero-order valence-electron chi connectivity index (χ0n) is 11.5. The van der Waals surface area contributed by atoms with Crippen LogP contribution in [-0.2, 0) is 11.3 Å². The molecule has 2 atom stereocenters. The number of hydrogen-bond acceptors (Lipinski definition) is 4. The van der Waals surface area contributed by atoms with Crippen molar-refractivity contribution in [2.45, 2.75) is 25.7 Å². The molecular formula is C15H18BrNO2S. The van der Waals surface area contributed by atoms with E-state index in [2.05, 4.69) is 15.9 Å². The van der Waals surface area contributed by atoms with Crippen LogP contribution in [0.4, 0.5) is 0 Å². The minimum absolute atomic E-state index is 0.0911. The van der Waals surface area contributed by atoms with E-state index in [4.69, 9.17) is 15.2 Å². The van der Waals surface area contributed by atoms with Gasteiger partial charge >= 0.3 is 0 Å². The highest BCUT2D eigenvalue weighted by atomic mass is 79.9. The van der Waals surface area contributed by atoms with Crippen molar-refractivity contribution in [1.82, 2.24) is 0 Å². The van der Waals surface area contributed by atoms with Crippen molar-refractivity contribution in [3.63, 3.8) is 0 Å². The third kappa shape index (κ3) is 4.06. The molecule has 0 saturated heterocycles. The van der Waals surface area contributed by atoms with Gasteiger partial charge in [0.25, 0.3) is 0 Å². The van der Waals surface area contributed by atoms with E-state index >= 15 is 0 Å². The number of halogens is 1. The Morgan fingerprint density at radius 1 is 1.30 bits per heavy atom. The second-order valence-corrected chi connectivity index (χ2v) is 7.11. The lowest BCUT2D eigenvalue weighted by molar-refractivity contribution is 0.177. The normalized spacial score (nSPS) is 14.0. The monoisotopic (exact) mass is 355 g/mol. The maximum Gasteiger partial charge on any atom is 0.148 e. The van der Waals surface area contributed by atoms with Gasteiger partial charge in [0.15, 0.2) is 0 Å². The average Bonchev–Trinajstić information content (AvgIpc) is 2.83. The minimum atomic E-state index is -0.149. The molecule has 0 aliphatic carbocycles. The molecule has 2 rings (SSSR count). The fourth-order valence-electron chi connectivity index (χ4n) is 1.93. The van der Waals surface area contributed by atoms with E-state index in [1.807, 2.05) is 43.3 Å². The maximum absolute atomic E-state index is 6.07. The molecule has 0 bridgehead atoms. The van der Waals surface area contributed by atoms with Crippen molar-refractivity contribution in [1.29, 1.82) is 0 Å². The molecule has 0 radical (unpaired) electrons. The van der Waals surface area contributed by atoms with E-state index in [1.54, 1.807) is 18.4 Å². The predicted octanol–water partition coefficient (Wildman–Crippen LogP) is 4.12. The Morgan fingerprint density at radius 2 is 2.10 bits per heavy atom. The number of benzene rings is 1. The Balaban J connectivity index is 2.18. The van der Waals surface area contributed by atoms with Crippen LogP contribution >= 0.6 is 27.3 Å². The van der Waals surface area contributed by atoms with Crippen molar-refractivity contribution < 1.29 is 9.47 Å². The van der Waals surface area contributed by atoms with Gasteiger partial charge in [-0.1, -0.05) is 12.1 Å². The molecule has 0 fully saturated rings. The zero-order valence-corrected chi connectivity index (χ0v) is 13.9. The van der Waals surface area contributed by atoms with Gasteiger partial charge in [-0.05, 0) is 52.7 Å². The van der Waals surface area contributed by atoms with E-state index < -0.39 is 0 Å². The van der Waals surface area contributed by atoms with E-state index in [0.717, 1.165) is 20.0 Å². The lowest BCUT2D eigenvalue weighted by atomic mass is 10.1. The molecule has 2 aromatic rings. The number of hydrogen-bond donors (Lipinski definition) is 1. The summed E-state index contributed by atoms with van der Waals surface area (Å²) < 4.78 is 12.3. The molecule has 0 amide bonds. The first-order valence-electron chi connectivity index (χ1n) is 6.35. The molecule has 2 N–H and O–H groups in total. The Bertz CT molecular complexity index is 556. The minimum Gasteiger partial charge on any atom is -0.483 e. The van der Waals surface area contributed by atoms with Crippen molar-refractivity contribution in [3.8, 4) is 5.75 Å². The van der Waals surface area contributed by atoms with Crippen LogP contribution in [-0.4, -0.2) is 13.2 Å². The lowest BCUT2D eigenvalue weighted by Gasteiger charge is -2.21. The van der Waals surface area contributed by atoms with Crippen molar-refractivity contribution >= 4 is 27.3 Å². The van der Waals surface area contributed by atoms with Gasteiger partial charge < -0.3 is 15.2 Å². The molecule has 1 aromatic carbocycles. The molecule has 1 heterocycles. The van der Waals surface area contributed by atoms with E-state index in [9.17, 15) is 0 Å². The Morgan fingerprint density at radius 3 is 2.70 bits per heavy atom. The van der Waals surface area contributed by atoms with Crippen LogP contribution in [0.2, 0.25) is 0 Å². The third-order valence-electron chi connectivity index (χ3n) is 2.82. The SMILES string of the molecule is COCc1cccc(OC(c2ccc(Br)s2)C(C)N)c1. The van der Waals surface area contributed by atoms with Gasteiger partial charge in [-0.15, -0.1) is 11.3 Å². The lowest BCUT2D eigenvalue weighted by Crippen LogP contribution is -2.28. The molecular weight excluding hydrogens is 338 g/mol. The fraction of sp³-hybridized carbons (Fsp3) is 0.333. The highest BCUT2D eigenvalue weighted by molar-refractivity contribution is 9.11. The summed E-state index contributed by atoms with van der Waals surface area (Å²) in [5.41, 5.74) is 7.15. The van der Waals surface area contributed by atoms with Gasteiger partial charge in [0, 0.05) is 18.0 Å².